The Kier molecular flexibility index (Phi) is 5.25. The molecule has 2 N–H and O–H groups in total. The summed E-state index contributed by atoms with van der Waals surface area (Å²) >= 11 is 0. The summed E-state index contributed by atoms with van der Waals surface area (Å²) in [7, 11) is 1.64. The van der Waals surface area contributed by atoms with Crippen LogP contribution >= 0.6 is 0 Å². The standard InChI is InChI=1S/C21H22N4O3/c1-27-19-8-3-2-7-17(19)22-20-14-18(15-5-4-6-16(26)13-15)23-21(24-20)25-9-11-28-12-10-25/h2-8,13-14,26H,9-12H2,1H3,(H,22,23,24). The van der Waals surface area contributed by atoms with Crippen LogP contribution in [0.3, 0.4) is 0 Å². The molecule has 1 aliphatic heterocycles. The maximum Gasteiger partial charge on any atom is 0.228 e. The lowest BCUT2D eigenvalue weighted by molar-refractivity contribution is 0.122. The van der Waals surface area contributed by atoms with Gasteiger partial charge in [0, 0.05) is 24.7 Å². The number of para-hydroxylation sites is 2. The molecule has 0 bridgehead atoms. The molecule has 7 nitrogen and oxygen atoms in total. The Bertz CT molecular complexity index is 958. The van der Waals surface area contributed by atoms with Gasteiger partial charge < -0.3 is 24.8 Å². The first-order valence-electron chi connectivity index (χ1n) is 9.14. The monoisotopic (exact) mass is 378 g/mol. The highest BCUT2D eigenvalue weighted by atomic mass is 16.5. The molecule has 0 aliphatic carbocycles. The van der Waals surface area contributed by atoms with E-state index >= 15 is 0 Å². The molecule has 0 unspecified atom stereocenters. The summed E-state index contributed by atoms with van der Waals surface area (Å²) in [4.78, 5) is 11.5. The summed E-state index contributed by atoms with van der Waals surface area (Å²) in [5.74, 6) is 2.21. The first kappa shape index (κ1) is 18.1. The Balaban J connectivity index is 1.75. The molecule has 2 aromatic carbocycles. The third kappa shape index (κ3) is 3.99. The minimum atomic E-state index is 0.197. The van der Waals surface area contributed by atoms with Crippen LogP contribution in [-0.4, -0.2) is 48.5 Å². The number of ether oxygens (including phenoxy) is 2. The largest absolute Gasteiger partial charge is 0.508 e. The molecular weight excluding hydrogens is 356 g/mol. The molecule has 144 valence electrons. The van der Waals surface area contributed by atoms with Crippen molar-refractivity contribution in [3.05, 3.63) is 54.6 Å². The SMILES string of the molecule is COc1ccccc1Nc1cc(-c2cccc(O)c2)nc(N2CCOCC2)n1. The number of phenolic OH excluding ortho intramolecular Hbond substituents is 1. The zero-order valence-corrected chi connectivity index (χ0v) is 15.6. The lowest BCUT2D eigenvalue weighted by atomic mass is 10.1. The second-order valence-corrected chi connectivity index (χ2v) is 6.41. The van der Waals surface area contributed by atoms with Gasteiger partial charge in [-0.2, -0.15) is 4.98 Å². The van der Waals surface area contributed by atoms with Crippen LogP contribution in [0.25, 0.3) is 11.3 Å². The molecule has 28 heavy (non-hydrogen) atoms. The van der Waals surface area contributed by atoms with E-state index in [0.29, 0.717) is 25.0 Å². The van der Waals surface area contributed by atoms with Crippen molar-refractivity contribution in [2.75, 3.05) is 43.6 Å². The minimum Gasteiger partial charge on any atom is -0.508 e. The number of methoxy groups -OCH3 is 1. The van der Waals surface area contributed by atoms with Gasteiger partial charge in [-0.3, -0.25) is 0 Å². The molecule has 4 rings (SSSR count). The van der Waals surface area contributed by atoms with Crippen molar-refractivity contribution in [3.8, 4) is 22.8 Å². The average Bonchev–Trinajstić information content (AvgIpc) is 2.74. The summed E-state index contributed by atoms with van der Waals surface area (Å²) in [6.45, 7) is 2.76. The number of hydrogen-bond donors (Lipinski definition) is 2. The fraction of sp³-hybridized carbons (Fsp3) is 0.238. The highest BCUT2D eigenvalue weighted by Gasteiger charge is 2.17. The predicted molar refractivity (Wildman–Crippen MR) is 108 cm³/mol. The molecule has 0 atom stereocenters. The van der Waals surface area contributed by atoms with E-state index in [-0.39, 0.29) is 5.75 Å². The molecule has 1 saturated heterocycles. The Morgan fingerprint density at radius 1 is 1.04 bits per heavy atom. The molecule has 0 radical (unpaired) electrons. The van der Waals surface area contributed by atoms with Crippen LogP contribution in [0.1, 0.15) is 0 Å². The van der Waals surface area contributed by atoms with Crippen LogP contribution in [0.2, 0.25) is 0 Å². The van der Waals surface area contributed by atoms with Crippen molar-refractivity contribution in [2.45, 2.75) is 0 Å². The van der Waals surface area contributed by atoms with Crippen molar-refractivity contribution in [3.63, 3.8) is 0 Å². The topological polar surface area (TPSA) is 79.7 Å². The molecule has 1 fully saturated rings. The van der Waals surface area contributed by atoms with Crippen LogP contribution in [0.4, 0.5) is 17.5 Å². The zero-order valence-electron chi connectivity index (χ0n) is 15.6. The maximum atomic E-state index is 9.86. The quantitative estimate of drug-likeness (QED) is 0.704. The Morgan fingerprint density at radius 3 is 2.64 bits per heavy atom. The average molecular weight is 378 g/mol. The first-order chi connectivity index (χ1) is 13.7. The third-order valence-corrected chi connectivity index (χ3v) is 4.52. The molecule has 1 aliphatic rings. The number of anilines is 3. The summed E-state index contributed by atoms with van der Waals surface area (Å²) in [5.41, 5.74) is 2.36. The van der Waals surface area contributed by atoms with Gasteiger partial charge in [-0.25, -0.2) is 4.98 Å². The van der Waals surface area contributed by atoms with Crippen LogP contribution in [-0.2, 0) is 4.74 Å². The Morgan fingerprint density at radius 2 is 1.86 bits per heavy atom. The summed E-state index contributed by atoms with van der Waals surface area (Å²) in [6, 6.07) is 16.6. The number of aromatic hydroxyl groups is 1. The van der Waals surface area contributed by atoms with Gasteiger partial charge in [-0.15, -0.1) is 0 Å². The fourth-order valence-corrected chi connectivity index (χ4v) is 3.10. The maximum absolute atomic E-state index is 9.86. The number of nitrogens with one attached hydrogen (secondary N) is 1. The number of benzene rings is 2. The van der Waals surface area contributed by atoms with Gasteiger partial charge in [0.1, 0.15) is 17.3 Å². The van der Waals surface area contributed by atoms with Gasteiger partial charge in [-0.1, -0.05) is 24.3 Å². The van der Waals surface area contributed by atoms with E-state index in [9.17, 15) is 5.11 Å². The Labute approximate surface area is 163 Å². The van der Waals surface area contributed by atoms with Gasteiger partial charge >= 0.3 is 0 Å². The summed E-state index contributed by atoms with van der Waals surface area (Å²) < 4.78 is 10.9. The van der Waals surface area contributed by atoms with Gasteiger partial charge in [0.2, 0.25) is 5.95 Å². The van der Waals surface area contributed by atoms with Crippen molar-refractivity contribution in [1.82, 2.24) is 9.97 Å². The van der Waals surface area contributed by atoms with Crippen LogP contribution in [0, 0.1) is 0 Å². The normalized spacial score (nSPS) is 14.0. The van der Waals surface area contributed by atoms with E-state index in [2.05, 4.69) is 10.2 Å². The number of phenols is 1. The molecule has 1 aromatic heterocycles. The highest BCUT2D eigenvalue weighted by molar-refractivity contribution is 5.70. The number of nitrogens with zero attached hydrogens (tertiary/aromatic N) is 3. The van der Waals surface area contributed by atoms with E-state index in [1.165, 1.54) is 0 Å². The summed E-state index contributed by atoms with van der Waals surface area (Å²) in [6.07, 6.45) is 0. The predicted octanol–water partition coefficient (Wildman–Crippen LogP) is 3.44. The highest BCUT2D eigenvalue weighted by Crippen LogP contribution is 2.30. The van der Waals surface area contributed by atoms with Crippen LogP contribution < -0.4 is 15.0 Å². The van der Waals surface area contributed by atoms with Gasteiger partial charge in [0.25, 0.3) is 0 Å². The van der Waals surface area contributed by atoms with Crippen molar-refractivity contribution in [2.24, 2.45) is 0 Å². The van der Waals surface area contributed by atoms with E-state index in [1.807, 2.05) is 36.4 Å². The Hall–Kier alpha value is -3.32. The van der Waals surface area contributed by atoms with Gasteiger partial charge in [0.05, 0.1) is 31.7 Å². The minimum absolute atomic E-state index is 0.197. The second-order valence-electron chi connectivity index (χ2n) is 6.41. The number of aromatic nitrogens is 2. The third-order valence-electron chi connectivity index (χ3n) is 4.52. The van der Waals surface area contributed by atoms with Crippen molar-refractivity contribution >= 4 is 17.5 Å². The number of rotatable bonds is 5. The number of morpholine rings is 1. The van der Waals surface area contributed by atoms with E-state index in [1.54, 1.807) is 25.3 Å². The smallest absolute Gasteiger partial charge is 0.228 e. The fourth-order valence-electron chi connectivity index (χ4n) is 3.10. The lowest BCUT2D eigenvalue weighted by Crippen LogP contribution is -2.37. The van der Waals surface area contributed by atoms with Crippen LogP contribution in [0.15, 0.2) is 54.6 Å². The van der Waals surface area contributed by atoms with E-state index < -0.39 is 0 Å². The molecule has 2 heterocycles. The first-order valence-corrected chi connectivity index (χ1v) is 9.14. The molecule has 0 amide bonds. The second kappa shape index (κ2) is 8.14. The molecular formula is C21H22N4O3. The van der Waals surface area contributed by atoms with E-state index in [0.717, 1.165) is 35.8 Å². The van der Waals surface area contributed by atoms with Gasteiger partial charge in [0.15, 0.2) is 0 Å². The van der Waals surface area contributed by atoms with Crippen molar-refractivity contribution < 1.29 is 14.6 Å². The molecule has 0 saturated carbocycles. The molecule has 7 heteroatoms. The van der Waals surface area contributed by atoms with Gasteiger partial charge in [-0.05, 0) is 24.3 Å². The summed E-state index contributed by atoms with van der Waals surface area (Å²) in [5, 5.41) is 13.2. The molecule has 0 spiro atoms. The van der Waals surface area contributed by atoms with Crippen molar-refractivity contribution in [1.29, 1.82) is 0 Å². The zero-order chi connectivity index (χ0) is 19.3. The molecule has 3 aromatic rings. The van der Waals surface area contributed by atoms with E-state index in [4.69, 9.17) is 19.4 Å². The lowest BCUT2D eigenvalue weighted by Gasteiger charge is -2.27. The van der Waals surface area contributed by atoms with Crippen LogP contribution in [0.5, 0.6) is 11.5 Å². The number of hydrogen-bond acceptors (Lipinski definition) is 7.